The summed E-state index contributed by atoms with van der Waals surface area (Å²) in [5, 5.41) is 2.56. The van der Waals surface area contributed by atoms with Crippen LogP contribution in [0.4, 0.5) is 0 Å². The molecule has 4 heteroatoms. The number of rotatable bonds is 1. The molecule has 1 saturated heterocycles. The maximum atomic E-state index is 10.5. The Morgan fingerprint density at radius 3 is 2.62 bits per heavy atom. The van der Waals surface area contributed by atoms with Crippen molar-refractivity contribution in [2.75, 3.05) is 12.8 Å². The fourth-order valence-corrected chi connectivity index (χ4v) is 1.07. The number of halogens is 1. The number of nitrogens with one attached hydrogen (secondary N) is 1. The van der Waals surface area contributed by atoms with Gasteiger partial charge in [-0.05, 0) is 6.26 Å². The number of thioether (sulfide) groups is 1. The van der Waals surface area contributed by atoms with E-state index in [1.165, 1.54) is 11.8 Å². The molecule has 0 aromatic rings. The summed E-state index contributed by atoms with van der Waals surface area (Å²) in [4.78, 5) is 10.5. The number of alkyl halides is 1. The quantitative estimate of drug-likeness (QED) is 0.435. The second-order valence-electron chi connectivity index (χ2n) is 1.62. The molecule has 1 heterocycles. The Bertz CT molecular complexity index is 125. The van der Waals surface area contributed by atoms with Crippen LogP contribution in [0.25, 0.3) is 0 Å². The summed E-state index contributed by atoms with van der Waals surface area (Å²) in [6, 6.07) is 0. The van der Waals surface area contributed by atoms with Crippen molar-refractivity contribution >= 4 is 29.3 Å². The van der Waals surface area contributed by atoms with Gasteiger partial charge in [-0.2, -0.15) is 0 Å². The molecule has 1 fully saturated rings. The van der Waals surface area contributed by atoms with Crippen molar-refractivity contribution in [2.45, 2.75) is 4.21 Å². The van der Waals surface area contributed by atoms with Crippen LogP contribution >= 0.6 is 23.4 Å². The van der Waals surface area contributed by atoms with Gasteiger partial charge in [0, 0.05) is 0 Å². The third-order valence-corrected chi connectivity index (χ3v) is 2.88. The Morgan fingerprint density at radius 1 is 2.00 bits per heavy atom. The van der Waals surface area contributed by atoms with E-state index in [-0.39, 0.29) is 5.91 Å². The van der Waals surface area contributed by atoms with Gasteiger partial charge in [-0.15, -0.1) is 11.8 Å². The SMILES string of the molecule is CSC1(Cl)CNC1=O. The molecule has 0 spiro atoms. The lowest BCUT2D eigenvalue weighted by Crippen LogP contribution is -2.58. The molecule has 1 aliphatic heterocycles. The van der Waals surface area contributed by atoms with Gasteiger partial charge in [0.25, 0.3) is 5.91 Å². The monoisotopic (exact) mass is 151 g/mol. The summed E-state index contributed by atoms with van der Waals surface area (Å²) in [7, 11) is 0. The van der Waals surface area contributed by atoms with Crippen molar-refractivity contribution in [3.63, 3.8) is 0 Å². The van der Waals surface area contributed by atoms with Crippen molar-refractivity contribution < 1.29 is 4.79 Å². The van der Waals surface area contributed by atoms with Crippen LogP contribution < -0.4 is 5.32 Å². The number of amides is 1. The van der Waals surface area contributed by atoms with Gasteiger partial charge in [-0.3, -0.25) is 4.79 Å². The van der Waals surface area contributed by atoms with Crippen molar-refractivity contribution in [1.29, 1.82) is 0 Å². The van der Waals surface area contributed by atoms with Crippen molar-refractivity contribution in [3.8, 4) is 0 Å². The van der Waals surface area contributed by atoms with E-state index >= 15 is 0 Å². The Kier molecular flexibility index (Phi) is 1.41. The standard InChI is InChI=1S/C4H6ClNOS/c1-8-4(5)2-6-3(4)7/h2H2,1H3,(H,6,7). The minimum absolute atomic E-state index is 0.0633. The summed E-state index contributed by atoms with van der Waals surface area (Å²) in [5.74, 6) is -0.0633. The highest BCUT2D eigenvalue weighted by molar-refractivity contribution is 8.02. The molecule has 1 aliphatic rings. The van der Waals surface area contributed by atoms with Gasteiger partial charge < -0.3 is 5.32 Å². The number of hydrogen-bond donors (Lipinski definition) is 1. The molecule has 0 bridgehead atoms. The molecule has 2 nitrogen and oxygen atoms in total. The molecule has 0 radical (unpaired) electrons. The lowest BCUT2D eigenvalue weighted by Gasteiger charge is -2.32. The van der Waals surface area contributed by atoms with E-state index in [1.807, 2.05) is 6.26 Å². The lowest BCUT2D eigenvalue weighted by molar-refractivity contribution is -0.126. The molecular weight excluding hydrogens is 146 g/mol. The summed E-state index contributed by atoms with van der Waals surface area (Å²) in [6.45, 7) is 0.592. The summed E-state index contributed by atoms with van der Waals surface area (Å²) in [6.07, 6.45) is 1.83. The first kappa shape index (κ1) is 6.23. The van der Waals surface area contributed by atoms with E-state index in [4.69, 9.17) is 11.6 Å². The largest absolute Gasteiger partial charge is 0.351 e. The Labute approximate surface area is 57.0 Å². The number of β-lactam (4-membered cyclic amide) rings is 1. The predicted molar refractivity (Wildman–Crippen MR) is 35.1 cm³/mol. The van der Waals surface area contributed by atoms with Crippen LogP contribution in [0.5, 0.6) is 0 Å². The van der Waals surface area contributed by atoms with Crippen LogP contribution in [-0.4, -0.2) is 22.9 Å². The van der Waals surface area contributed by atoms with E-state index in [9.17, 15) is 4.79 Å². The van der Waals surface area contributed by atoms with Crippen LogP contribution in [0.1, 0.15) is 0 Å². The van der Waals surface area contributed by atoms with E-state index in [0.717, 1.165) is 0 Å². The molecule has 1 amide bonds. The Hall–Kier alpha value is 0.110. The fourth-order valence-electron chi connectivity index (χ4n) is 0.464. The zero-order valence-corrected chi connectivity index (χ0v) is 5.97. The Balaban J connectivity index is 2.55. The highest BCUT2D eigenvalue weighted by Gasteiger charge is 2.43. The highest BCUT2D eigenvalue weighted by atomic mass is 35.5. The minimum Gasteiger partial charge on any atom is -0.351 e. The van der Waals surface area contributed by atoms with Gasteiger partial charge in [-0.1, -0.05) is 11.6 Å². The molecule has 0 aliphatic carbocycles. The number of carbonyl (C=O) groups is 1. The average molecular weight is 152 g/mol. The van der Waals surface area contributed by atoms with Gasteiger partial charge in [0.2, 0.25) is 0 Å². The van der Waals surface area contributed by atoms with Crippen molar-refractivity contribution in [2.24, 2.45) is 0 Å². The van der Waals surface area contributed by atoms with E-state index in [2.05, 4.69) is 5.32 Å². The molecule has 1 N–H and O–H groups in total. The van der Waals surface area contributed by atoms with Crippen LogP contribution in [0.15, 0.2) is 0 Å². The minimum atomic E-state index is -0.639. The second-order valence-corrected chi connectivity index (χ2v) is 3.59. The smallest absolute Gasteiger partial charge is 0.253 e. The maximum Gasteiger partial charge on any atom is 0.253 e. The van der Waals surface area contributed by atoms with Crippen LogP contribution in [0.2, 0.25) is 0 Å². The second kappa shape index (κ2) is 1.81. The third-order valence-electron chi connectivity index (χ3n) is 1.14. The first-order valence-electron chi connectivity index (χ1n) is 2.21. The van der Waals surface area contributed by atoms with E-state index in [0.29, 0.717) is 6.54 Å². The molecule has 46 valence electrons. The first-order chi connectivity index (χ1) is 3.69. The topological polar surface area (TPSA) is 29.1 Å². The number of carbonyl (C=O) groups excluding carboxylic acids is 1. The molecule has 1 rings (SSSR count). The third kappa shape index (κ3) is 0.699. The molecule has 0 aromatic heterocycles. The van der Waals surface area contributed by atoms with Gasteiger partial charge in [0.1, 0.15) is 0 Å². The van der Waals surface area contributed by atoms with Crippen LogP contribution in [0.3, 0.4) is 0 Å². The molecule has 1 atom stereocenters. The van der Waals surface area contributed by atoms with Crippen molar-refractivity contribution in [1.82, 2.24) is 5.32 Å². The fraction of sp³-hybridized carbons (Fsp3) is 0.750. The molecule has 1 unspecified atom stereocenters. The lowest BCUT2D eigenvalue weighted by atomic mass is 10.2. The summed E-state index contributed by atoms with van der Waals surface area (Å²) in [5.41, 5.74) is 0. The molecular formula is C4H6ClNOS. The first-order valence-corrected chi connectivity index (χ1v) is 3.82. The van der Waals surface area contributed by atoms with Crippen LogP contribution in [0, 0.1) is 0 Å². The van der Waals surface area contributed by atoms with E-state index < -0.39 is 4.21 Å². The average Bonchev–Trinajstić information content (AvgIpc) is 1.83. The highest BCUT2D eigenvalue weighted by Crippen LogP contribution is 2.32. The number of hydrogen-bond acceptors (Lipinski definition) is 2. The zero-order valence-electron chi connectivity index (χ0n) is 4.40. The molecule has 0 aromatic carbocycles. The van der Waals surface area contributed by atoms with E-state index in [1.54, 1.807) is 0 Å². The van der Waals surface area contributed by atoms with Gasteiger partial charge in [-0.25, -0.2) is 0 Å². The molecule has 0 saturated carbocycles. The maximum absolute atomic E-state index is 10.5. The zero-order chi connectivity index (χ0) is 6.20. The van der Waals surface area contributed by atoms with Gasteiger partial charge in [0.05, 0.1) is 6.54 Å². The predicted octanol–water partition coefficient (Wildman–Crippen LogP) is 0.414. The Morgan fingerprint density at radius 2 is 2.62 bits per heavy atom. The van der Waals surface area contributed by atoms with Gasteiger partial charge >= 0.3 is 0 Å². The van der Waals surface area contributed by atoms with Gasteiger partial charge in [0.15, 0.2) is 4.21 Å². The van der Waals surface area contributed by atoms with Crippen molar-refractivity contribution in [3.05, 3.63) is 0 Å². The summed E-state index contributed by atoms with van der Waals surface area (Å²) >= 11 is 7.07. The summed E-state index contributed by atoms with van der Waals surface area (Å²) < 4.78 is -0.639. The van der Waals surface area contributed by atoms with Crippen LogP contribution in [-0.2, 0) is 4.79 Å². The molecule has 8 heavy (non-hydrogen) atoms. The normalized spacial score (nSPS) is 36.0.